The van der Waals surface area contributed by atoms with Crippen LogP contribution in [0.1, 0.15) is 65.5 Å². The maximum atomic E-state index is 13.1. The smallest absolute Gasteiger partial charge is 0.303 e. The molecule has 0 bridgehead atoms. The number of carboxylic acids is 1. The van der Waals surface area contributed by atoms with Crippen LogP contribution in [0.2, 0.25) is 0 Å². The molecular formula is C28H26ClN3O3S. The number of thioether (sulfide) groups is 1. The van der Waals surface area contributed by atoms with Crippen LogP contribution in [0.4, 0.5) is 0 Å². The highest BCUT2D eigenvalue weighted by atomic mass is 35.5. The number of fused-ring (bicyclic) bond motifs is 2. The van der Waals surface area contributed by atoms with Gasteiger partial charge in [0.1, 0.15) is 0 Å². The average Bonchev–Trinajstić information content (AvgIpc) is 3.29. The first-order valence-corrected chi connectivity index (χ1v) is 13.4. The monoisotopic (exact) mass is 519 g/mol. The van der Waals surface area contributed by atoms with E-state index in [1.165, 1.54) is 4.90 Å². The molecule has 3 aromatic rings. The van der Waals surface area contributed by atoms with E-state index in [4.69, 9.17) is 26.7 Å². The third kappa shape index (κ3) is 5.47. The van der Waals surface area contributed by atoms with Gasteiger partial charge >= 0.3 is 5.97 Å². The van der Waals surface area contributed by atoms with Crippen molar-refractivity contribution >= 4 is 51.8 Å². The molecule has 1 aliphatic carbocycles. The molecule has 1 amide bonds. The standard InChI is InChI=1S/C28H26ClN3O3S/c29-19-12-9-17(10-13-19)27-22(6-2-4-8-26(33)34)30-23-15-18(11-14-21(23)31-27)28(35)32-24-16-36-25-7-3-1-5-20(24)25/h1,3,5,7,9,11-12,14-15,24H,2,4,6,8,10,13,16H2,(H,32,35)(H,33,34). The van der Waals surface area contributed by atoms with Crippen LogP contribution in [0.5, 0.6) is 0 Å². The van der Waals surface area contributed by atoms with Gasteiger partial charge in [0.25, 0.3) is 5.91 Å². The molecule has 1 aliphatic heterocycles. The van der Waals surface area contributed by atoms with Gasteiger partial charge in [0.05, 0.1) is 28.5 Å². The Hall–Kier alpha value is -3.16. The lowest BCUT2D eigenvalue weighted by Gasteiger charge is -2.16. The summed E-state index contributed by atoms with van der Waals surface area (Å²) >= 11 is 7.91. The highest BCUT2D eigenvalue weighted by Gasteiger charge is 2.25. The van der Waals surface area contributed by atoms with Gasteiger partial charge in [-0.3, -0.25) is 9.59 Å². The number of aromatic nitrogens is 2. The van der Waals surface area contributed by atoms with E-state index >= 15 is 0 Å². The second-order valence-electron chi connectivity index (χ2n) is 9.00. The van der Waals surface area contributed by atoms with Crippen LogP contribution in [0, 0.1) is 0 Å². The number of carbonyl (C=O) groups excluding carboxylic acids is 1. The Morgan fingerprint density at radius 1 is 1.06 bits per heavy atom. The maximum Gasteiger partial charge on any atom is 0.303 e. The summed E-state index contributed by atoms with van der Waals surface area (Å²) < 4.78 is 0. The summed E-state index contributed by atoms with van der Waals surface area (Å²) in [6, 6.07) is 13.6. The highest BCUT2D eigenvalue weighted by Crippen LogP contribution is 2.38. The molecule has 1 unspecified atom stereocenters. The molecule has 8 heteroatoms. The van der Waals surface area contributed by atoms with Crippen molar-refractivity contribution < 1.29 is 14.7 Å². The second-order valence-corrected chi connectivity index (χ2v) is 10.6. The number of nitrogens with one attached hydrogen (secondary N) is 1. The summed E-state index contributed by atoms with van der Waals surface area (Å²) in [5.41, 5.74) is 5.80. The number of rotatable bonds is 8. The van der Waals surface area contributed by atoms with Crippen LogP contribution >= 0.6 is 23.4 Å². The topological polar surface area (TPSA) is 92.2 Å². The number of aryl methyl sites for hydroxylation is 1. The fraction of sp³-hybridized carbons (Fsp3) is 0.286. The Morgan fingerprint density at radius 2 is 1.92 bits per heavy atom. The van der Waals surface area contributed by atoms with E-state index < -0.39 is 5.97 Å². The number of hydrogen-bond acceptors (Lipinski definition) is 5. The van der Waals surface area contributed by atoms with Crippen LogP contribution in [-0.4, -0.2) is 32.7 Å². The molecule has 1 atom stereocenters. The van der Waals surface area contributed by atoms with Gasteiger partial charge in [-0.25, -0.2) is 9.97 Å². The third-order valence-corrected chi connectivity index (χ3v) is 7.96. The van der Waals surface area contributed by atoms with Gasteiger partial charge in [-0.05, 0) is 73.6 Å². The third-order valence-electron chi connectivity index (χ3n) is 6.46. The van der Waals surface area contributed by atoms with Gasteiger partial charge in [-0.1, -0.05) is 35.9 Å². The van der Waals surface area contributed by atoms with Crippen LogP contribution in [-0.2, 0) is 11.2 Å². The van der Waals surface area contributed by atoms with E-state index in [-0.39, 0.29) is 18.4 Å². The quantitative estimate of drug-likeness (QED) is 0.339. The molecule has 2 aromatic carbocycles. The van der Waals surface area contributed by atoms with E-state index in [9.17, 15) is 9.59 Å². The molecule has 2 heterocycles. The Bertz CT molecular complexity index is 1400. The zero-order valence-corrected chi connectivity index (χ0v) is 21.2. The number of halogens is 1. The van der Waals surface area contributed by atoms with Crippen molar-refractivity contribution in [2.75, 3.05) is 5.75 Å². The second kappa shape index (κ2) is 10.8. The number of benzene rings is 2. The van der Waals surface area contributed by atoms with Crippen molar-refractivity contribution in [1.29, 1.82) is 0 Å². The molecule has 2 N–H and O–H groups in total. The summed E-state index contributed by atoms with van der Waals surface area (Å²) in [5, 5.41) is 13.0. The van der Waals surface area contributed by atoms with Crippen LogP contribution in [0.3, 0.4) is 0 Å². The minimum atomic E-state index is -0.798. The normalized spacial score (nSPS) is 16.9. The minimum absolute atomic E-state index is 0.0224. The van der Waals surface area contributed by atoms with E-state index in [1.807, 2.05) is 30.4 Å². The number of unbranched alkanes of at least 4 members (excludes halogenated alkanes) is 1. The first kappa shape index (κ1) is 24.5. The molecule has 0 saturated carbocycles. The maximum absolute atomic E-state index is 13.1. The Kier molecular flexibility index (Phi) is 7.39. The summed E-state index contributed by atoms with van der Waals surface area (Å²) in [4.78, 5) is 35.1. The molecule has 36 heavy (non-hydrogen) atoms. The molecule has 0 fully saturated rings. The summed E-state index contributed by atoms with van der Waals surface area (Å²) in [7, 11) is 0. The van der Waals surface area contributed by atoms with Crippen molar-refractivity contribution in [2.45, 2.75) is 49.5 Å². The van der Waals surface area contributed by atoms with Crippen molar-refractivity contribution in [3.05, 3.63) is 82.2 Å². The van der Waals surface area contributed by atoms with Gasteiger partial charge in [-0.15, -0.1) is 11.8 Å². The molecule has 0 radical (unpaired) electrons. The van der Waals surface area contributed by atoms with E-state index in [0.29, 0.717) is 30.3 Å². The number of nitrogens with zero attached hydrogens (tertiary/aromatic N) is 2. The molecule has 6 nitrogen and oxygen atoms in total. The molecule has 1 aromatic heterocycles. The number of amides is 1. The Morgan fingerprint density at radius 3 is 2.72 bits per heavy atom. The largest absolute Gasteiger partial charge is 0.481 e. The van der Waals surface area contributed by atoms with Gasteiger partial charge in [0.15, 0.2) is 0 Å². The summed E-state index contributed by atoms with van der Waals surface area (Å²) in [6.45, 7) is 0. The Labute approximate surface area is 218 Å². The molecule has 0 spiro atoms. The van der Waals surface area contributed by atoms with Crippen molar-refractivity contribution in [3.8, 4) is 0 Å². The first-order chi connectivity index (χ1) is 17.5. The summed E-state index contributed by atoms with van der Waals surface area (Å²) in [5.74, 6) is -0.119. The van der Waals surface area contributed by atoms with Gasteiger partial charge in [0.2, 0.25) is 0 Å². The lowest BCUT2D eigenvalue weighted by atomic mass is 9.97. The van der Waals surface area contributed by atoms with Gasteiger partial charge < -0.3 is 10.4 Å². The molecular weight excluding hydrogens is 494 g/mol. The zero-order valence-electron chi connectivity index (χ0n) is 19.7. The molecule has 184 valence electrons. The first-order valence-electron chi connectivity index (χ1n) is 12.1. The predicted octanol–water partition coefficient (Wildman–Crippen LogP) is 6.30. The van der Waals surface area contributed by atoms with Crippen LogP contribution in [0.15, 0.2) is 64.5 Å². The van der Waals surface area contributed by atoms with E-state index in [0.717, 1.165) is 51.7 Å². The number of allylic oxidation sites excluding steroid dienone is 4. The number of carbonyl (C=O) groups is 2. The number of carboxylic acid groups (broad SMARTS) is 1. The van der Waals surface area contributed by atoms with Crippen LogP contribution < -0.4 is 5.32 Å². The van der Waals surface area contributed by atoms with Crippen molar-refractivity contribution in [1.82, 2.24) is 15.3 Å². The molecule has 0 saturated heterocycles. The van der Waals surface area contributed by atoms with E-state index in [1.54, 1.807) is 23.9 Å². The summed E-state index contributed by atoms with van der Waals surface area (Å²) in [6.07, 6.45) is 7.43. The Balaban J connectivity index is 1.42. The SMILES string of the molecule is O=C(O)CCCCc1nc2cc(C(=O)NC3CSc4ccccc43)ccc2nc1C1=CC=C(Cl)CC1. The molecule has 2 aliphatic rings. The average molecular weight is 520 g/mol. The van der Waals surface area contributed by atoms with Crippen molar-refractivity contribution in [2.24, 2.45) is 0 Å². The fourth-order valence-corrected chi connectivity index (χ4v) is 5.88. The zero-order chi connectivity index (χ0) is 25.1. The molecule has 5 rings (SSSR count). The van der Waals surface area contributed by atoms with Gasteiger partial charge in [0, 0.05) is 27.7 Å². The van der Waals surface area contributed by atoms with Crippen molar-refractivity contribution in [3.63, 3.8) is 0 Å². The number of hydrogen-bond donors (Lipinski definition) is 2. The highest BCUT2D eigenvalue weighted by molar-refractivity contribution is 7.99. The lowest BCUT2D eigenvalue weighted by Crippen LogP contribution is -2.28. The van der Waals surface area contributed by atoms with Gasteiger partial charge in [-0.2, -0.15) is 0 Å². The predicted molar refractivity (Wildman–Crippen MR) is 143 cm³/mol. The number of aliphatic carboxylic acids is 1. The fourth-order valence-electron chi connectivity index (χ4n) is 4.57. The minimum Gasteiger partial charge on any atom is -0.481 e. The van der Waals surface area contributed by atoms with E-state index in [2.05, 4.69) is 17.4 Å². The lowest BCUT2D eigenvalue weighted by molar-refractivity contribution is -0.137. The van der Waals surface area contributed by atoms with Crippen LogP contribution in [0.25, 0.3) is 16.6 Å².